The molecule has 3 rings (SSSR count). The molecule has 0 fully saturated rings. The van der Waals surface area contributed by atoms with E-state index in [2.05, 4.69) is 9.98 Å². The van der Waals surface area contributed by atoms with Crippen LogP contribution in [-0.2, 0) is 17.3 Å². The molecular formula is C22H15F7N4O3. The van der Waals surface area contributed by atoms with E-state index in [9.17, 15) is 45.6 Å². The molecule has 1 aliphatic heterocycles. The number of nitrogens with zero attached hydrogens (tertiary/aromatic N) is 4. The number of aromatic nitrogens is 2. The van der Waals surface area contributed by atoms with Crippen LogP contribution in [0.1, 0.15) is 35.7 Å². The molecule has 2 heterocycles. The van der Waals surface area contributed by atoms with Crippen molar-refractivity contribution >= 4 is 11.6 Å². The summed E-state index contributed by atoms with van der Waals surface area (Å²) in [6.07, 6.45) is -6.11. The van der Waals surface area contributed by atoms with Crippen LogP contribution in [0.25, 0.3) is 0 Å². The summed E-state index contributed by atoms with van der Waals surface area (Å²) in [7, 11) is 0. The van der Waals surface area contributed by atoms with Crippen LogP contribution >= 0.6 is 0 Å². The van der Waals surface area contributed by atoms with E-state index < -0.39 is 71.3 Å². The van der Waals surface area contributed by atoms with Crippen LogP contribution in [0.3, 0.4) is 0 Å². The molecule has 0 saturated heterocycles. The van der Waals surface area contributed by atoms with Crippen LogP contribution in [0, 0.1) is 24.2 Å². The van der Waals surface area contributed by atoms with Gasteiger partial charge in [-0.2, -0.15) is 14.0 Å². The number of ether oxygens (including phenoxy) is 1. The van der Waals surface area contributed by atoms with Crippen molar-refractivity contribution in [1.82, 2.24) is 9.55 Å². The molecule has 1 aromatic carbocycles. The normalized spacial score (nSPS) is 16.2. The number of benzene rings is 1. The van der Waals surface area contributed by atoms with Crippen LogP contribution in [0.2, 0.25) is 0 Å². The summed E-state index contributed by atoms with van der Waals surface area (Å²) in [5, 5.41) is 9.20. The number of aliphatic imine (C=N–C) groups is 1. The van der Waals surface area contributed by atoms with Gasteiger partial charge in [-0.3, -0.25) is 14.2 Å². The van der Waals surface area contributed by atoms with Crippen LogP contribution in [-0.4, -0.2) is 27.6 Å². The predicted molar refractivity (Wildman–Crippen MR) is 110 cm³/mol. The summed E-state index contributed by atoms with van der Waals surface area (Å²) in [5.41, 5.74) is -4.37. The number of nitriles is 1. The van der Waals surface area contributed by atoms with Crippen molar-refractivity contribution in [2.75, 3.05) is 0 Å². The Balaban J connectivity index is 2.19. The van der Waals surface area contributed by atoms with Gasteiger partial charge in [0.1, 0.15) is 5.75 Å². The van der Waals surface area contributed by atoms with Crippen molar-refractivity contribution < 1.29 is 40.3 Å². The molecule has 1 unspecified atom stereocenters. The second kappa shape index (κ2) is 9.92. The Morgan fingerprint density at radius 2 is 1.86 bits per heavy atom. The van der Waals surface area contributed by atoms with Gasteiger partial charge in [-0.25, -0.2) is 31.9 Å². The standard InChI is InChI=1S/C22H15F7N4O3/c1-9-12(6-30)3-11(18(24)25)5-15(9)36-16-17(22(28,29)21(26)27)31-8-33(20(16)35)7-13-4-14(23)19(34)32-10(13)2/h3-5,8,13,18,21H,7H2,1-2H3. The van der Waals surface area contributed by atoms with E-state index in [1.165, 1.54) is 13.8 Å². The molecule has 7 nitrogen and oxygen atoms in total. The van der Waals surface area contributed by atoms with Crippen molar-refractivity contribution in [3.05, 3.63) is 63.1 Å². The Morgan fingerprint density at radius 3 is 2.44 bits per heavy atom. The van der Waals surface area contributed by atoms with Crippen LogP contribution in [0.5, 0.6) is 11.5 Å². The molecule has 14 heteroatoms. The molecule has 0 aliphatic carbocycles. The lowest BCUT2D eigenvalue weighted by atomic mass is 10.0. The molecule has 0 saturated carbocycles. The van der Waals surface area contributed by atoms with Crippen molar-refractivity contribution in [2.45, 2.75) is 39.2 Å². The average molecular weight is 516 g/mol. The summed E-state index contributed by atoms with van der Waals surface area (Å²) in [4.78, 5) is 31.1. The highest BCUT2D eigenvalue weighted by Gasteiger charge is 2.48. The minimum atomic E-state index is -4.99. The summed E-state index contributed by atoms with van der Waals surface area (Å²) in [5.74, 6) is -10.4. The monoisotopic (exact) mass is 516 g/mol. The maximum absolute atomic E-state index is 14.3. The number of allylic oxidation sites excluding steroid dienone is 1. The molecule has 0 bridgehead atoms. The number of alkyl halides is 6. The number of hydrogen-bond donors (Lipinski definition) is 0. The fraction of sp³-hybridized carbons (Fsp3) is 0.318. The van der Waals surface area contributed by atoms with Crippen molar-refractivity contribution in [3.8, 4) is 17.6 Å². The maximum atomic E-state index is 14.3. The van der Waals surface area contributed by atoms with E-state index in [-0.39, 0.29) is 16.8 Å². The Labute approximate surface area is 198 Å². The topological polar surface area (TPSA) is 97.3 Å². The Hall–Kier alpha value is -4.02. The maximum Gasteiger partial charge on any atom is 0.352 e. The zero-order valence-electron chi connectivity index (χ0n) is 18.4. The van der Waals surface area contributed by atoms with Gasteiger partial charge >= 0.3 is 18.3 Å². The van der Waals surface area contributed by atoms with Gasteiger partial charge < -0.3 is 4.74 Å². The lowest BCUT2D eigenvalue weighted by Crippen LogP contribution is -2.33. The number of carbonyl (C=O) groups excluding carboxylic acids is 1. The lowest BCUT2D eigenvalue weighted by molar-refractivity contribution is -0.139. The smallest absolute Gasteiger partial charge is 0.352 e. The van der Waals surface area contributed by atoms with E-state index in [4.69, 9.17) is 4.74 Å². The number of carbonyl (C=O) groups is 1. The zero-order valence-corrected chi connectivity index (χ0v) is 18.4. The summed E-state index contributed by atoms with van der Waals surface area (Å²) < 4.78 is 101. The van der Waals surface area contributed by atoms with Gasteiger partial charge in [0.25, 0.3) is 12.0 Å². The van der Waals surface area contributed by atoms with Crippen molar-refractivity contribution in [2.24, 2.45) is 10.9 Å². The largest absolute Gasteiger partial charge is 0.449 e. The summed E-state index contributed by atoms with van der Waals surface area (Å²) in [6.45, 7) is 2.04. The lowest BCUT2D eigenvalue weighted by Gasteiger charge is -2.21. The van der Waals surface area contributed by atoms with E-state index in [1.807, 2.05) is 0 Å². The molecule has 1 aliphatic rings. The second-order valence-electron chi connectivity index (χ2n) is 7.69. The SMILES string of the molecule is CC1=NC(=O)C(F)=CC1Cn1cnc(C(F)(F)C(F)F)c(Oc2cc(C(F)F)cc(C#N)c2C)c1=O. The number of amides is 1. The molecule has 1 atom stereocenters. The highest BCUT2D eigenvalue weighted by molar-refractivity contribution is 6.05. The Morgan fingerprint density at radius 1 is 1.19 bits per heavy atom. The number of halogens is 7. The van der Waals surface area contributed by atoms with Crippen molar-refractivity contribution in [1.29, 1.82) is 5.26 Å². The van der Waals surface area contributed by atoms with Gasteiger partial charge in [0, 0.05) is 29.3 Å². The van der Waals surface area contributed by atoms with E-state index in [0.29, 0.717) is 17.0 Å². The van der Waals surface area contributed by atoms with Gasteiger partial charge in [0.2, 0.25) is 5.75 Å². The molecule has 1 aromatic heterocycles. The number of rotatable bonds is 7. The third kappa shape index (κ3) is 5.00. The van der Waals surface area contributed by atoms with E-state index >= 15 is 0 Å². The molecule has 36 heavy (non-hydrogen) atoms. The molecule has 0 N–H and O–H groups in total. The minimum Gasteiger partial charge on any atom is -0.449 e. The molecular weight excluding hydrogens is 501 g/mol. The second-order valence-corrected chi connectivity index (χ2v) is 7.69. The molecule has 0 spiro atoms. The van der Waals surface area contributed by atoms with Gasteiger partial charge in [0.15, 0.2) is 11.5 Å². The van der Waals surface area contributed by atoms with Gasteiger partial charge in [-0.15, -0.1) is 0 Å². The first-order chi connectivity index (χ1) is 16.8. The van der Waals surface area contributed by atoms with Gasteiger partial charge in [-0.1, -0.05) is 0 Å². The summed E-state index contributed by atoms with van der Waals surface area (Å²) >= 11 is 0. The Bertz CT molecular complexity index is 1380. The quantitative estimate of drug-likeness (QED) is 0.484. The first-order valence-electron chi connectivity index (χ1n) is 10.0. The highest BCUT2D eigenvalue weighted by Crippen LogP contribution is 2.39. The first-order valence-corrected chi connectivity index (χ1v) is 10.0. The predicted octanol–water partition coefficient (Wildman–Crippen LogP) is 4.98. The van der Waals surface area contributed by atoms with Gasteiger partial charge in [-0.05, 0) is 32.1 Å². The number of dihydropyridines is 1. The third-order valence-electron chi connectivity index (χ3n) is 5.31. The van der Waals surface area contributed by atoms with E-state index in [0.717, 1.165) is 12.1 Å². The number of hydrogen-bond acceptors (Lipinski definition) is 5. The average Bonchev–Trinajstić information content (AvgIpc) is 2.80. The molecule has 1 amide bonds. The fourth-order valence-corrected chi connectivity index (χ4v) is 3.26. The van der Waals surface area contributed by atoms with Gasteiger partial charge in [0.05, 0.1) is 18.0 Å². The summed E-state index contributed by atoms with van der Waals surface area (Å²) in [6, 6.07) is 3.10. The molecule has 2 aromatic rings. The van der Waals surface area contributed by atoms with Crippen LogP contribution in [0.15, 0.2) is 40.1 Å². The Kier molecular flexibility index (Phi) is 7.33. The molecule has 190 valence electrons. The fourth-order valence-electron chi connectivity index (χ4n) is 3.26. The minimum absolute atomic E-state index is 0.0666. The first kappa shape index (κ1) is 26.6. The van der Waals surface area contributed by atoms with E-state index in [1.54, 1.807) is 6.07 Å². The molecule has 0 radical (unpaired) electrons. The van der Waals surface area contributed by atoms with Crippen molar-refractivity contribution in [3.63, 3.8) is 0 Å². The zero-order chi connectivity index (χ0) is 26.9. The third-order valence-corrected chi connectivity index (χ3v) is 5.31. The van der Waals surface area contributed by atoms with Crippen LogP contribution < -0.4 is 10.3 Å². The van der Waals surface area contributed by atoms with Crippen LogP contribution in [0.4, 0.5) is 30.7 Å². The highest BCUT2D eigenvalue weighted by atomic mass is 19.3.